The van der Waals surface area contributed by atoms with E-state index in [1.54, 1.807) is 11.8 Å². The maximum atomic E-state index is 11.8. The van der Waals surface area contributed by atoms with Crippen molar-refractivity contribution in [2.24, 2.45) is 0 Å². The molecule has 5 heteroatoms. The molecule has 0 unspecified atom stereocenters. The van der Waals surface area contributed by atoms with Gasteiger partial charge in [-0.25, -0.2) is 0 Å². The van der Waals surface area contributed by atoms with Crippen LogP contribution in [-0.4, -0.2) is 37.8 Å². The highest BCUT2D eigenvalue weighted by molar-refractivity contribution is 7.98. The SMILES string of the molecule is CSc1ccc(C(=O)NCCCOCCCl)cc1. The zero-order chi connectivity index (χ0) is 13.2. The molecular formula is C13H18ClNO2S. The predicted octanol–water partition coefficient (Wildman–Crippen LogP) is 2.78. The Morgan fingerprint density at radius 1 is 1.33 bits per heavy atom. The molecule has 0 radical (unpaired) electrons. The third-order valence-corrected chi connectivity index (χ3v) is 3.22. The first-order valence-electron chi connectivity index (χ1n) is 5.84. The van der Waals surface area contributed by atoms with Crippen LogP contribution in [0.1, 0.15) is 16.8 Å². The lowest BCUT2D eigenvalue weighted by molar-refractivity contribution is 0.0944. The van der Waals surface area contributed by atoms with Crippen molar-refractivity contribution in [3.05, 3.63) is 29.8 Å². The molecule has 1 amide bonds. The summed E-state index contributed by atoms with van der Waals surface area (Å²) in [6.07, 6.45) is 2.81. The molecule has 18 heavy (non-hydrogen) atoms. The van der Waals surface area contributed by atoms with Gasteiger partial charge in [0.05, 0.1) is 6.61 Å². The molecule has 0 atom stereocenters. The van der Waals surface area contributed by atoms with Crippen LogP contribution in [0.4, 0.5) is 0 Å². The molecule has 0 saturated heterocycles. The van der Waals surface area contributed by atoms with Crippen LogP contribution < -0.4 is 5.32 Å². The average molecular weight is 288 g/mol. The van der Waals surface area contributed by atoms with Gasteiger partial charge < -0.3 is 10.1 Å². The van der Waals surface area contributed by atoms with E-state index in [1.807, 2.05) is 30.5 Å². The Labute approximate surface area is 117 Å². The van der Waals surface area contributed by atoms with Crippen molar-refractivity contribution in [3.8, 4) is 0 Å². The number of hydrogen-bond acceptors (Lipinski definition) is 3. The molecule has 0 spiro atoms. The zero-order valence-corrected chi connectivity index (χ0v) is 12.0. The minimum absolute atomic E-state index is 0.0417. The minimum atomic E-state index is -0.0417. The number of hydrogen-bond donors (Lipinski definition) is 1. The highest BCUT2D eigenvalue weighted by Crippen LogP contribution is 2.14. The Balaban J connectivity index is 2.23. The first kappa shape index (κ1) is 15.3. The molecule has 0 bridgehead atoms. The highest BCUT2D eigenvalue weighted by Gasteiger charge is 2.03. The maximum absolute atomic E-state index is 11.8. The summed E-state index contributed by atoms with van der Waals surface area (Å²) in [5, 5.41) is 2.85. The van der Waals surface area contributed by atoms with Crippen LogP contribution in [0.2, 0.25) is 0 Å². The van der Waals surface area contributed by atoms with Gasteiger partial charge in [-0.15, -0.1) is 23.4 Å². The van der Waals surface area contributed by atoms with E-state index in [9.17, 15) is 4.79 Å². The molecule has 1 N–H and O–H groups in total. The van der Waals surface area contributed by atoms with E-state index in [-0.39, 0.29) is 5.91 Å². The Morgan fingerprint density at radius 3 is 2.67 bits per heavy atom. The molecule has 0 aromatic heterocycles. The lowest BCUT2D eigenvalue weighted by atomic mass is 10.2. The minimum Gasteiger partial charge on any atom is -0.380 e. The van der Waals surface area contributed by atoms with E-state index in [1.165, 1.54) is 0 Å². The van der Waals surface area contributed by atoms with Crippen molar-refractivity contribution in [3.63, 3.8) is 0 Å². The zero-order valence-electron chi connectivity index (χ0n) is 10.4. The summed E-state index contributed by atoms with van der Waals surface area (Å²) in [5.41, 5.74) is 0.689. The van der Waals surface area contributed by atoms with Crippen LogP contribution in [-0.2, 0) is 4.74 Å². The third kappa shape index (κ3) is 5.76. The molecule has 0 aliphatic carbocycles. The second-order valence-electron chi connectivity index (χ2n) is 3.64. The lowest BCUT2D eigenvalue weighted by Gasteiger charge is -2.06. The topological polar surface area (TPSA) is 38.3 Å². The van der Waals surface area contributed by atoms with Gasteiger partial charge in [-0.05, 0) is 36.9 Å². The quantitative estimate of drug-likeness (QED) is 0.454. The number of ether oxygens (including phenoxy) is 1. The van der Waals surface area contributed by atoms with Crippen LogP contribution in [0, 0.1) is 0 Å². The monoisotopic (exact) mass is 287 g/mol. The fraction of sp³-hybridized carbons (Fsp3) is 0.462. The van der Waals surface area contributed by atoms with E-state index < -0.39 is 0 Å². The van der Waals surface area contributed by atoms with Gasteiger partial charge in [0.25, 0.3) is 5.91 Å². The number of rotatable bonds is 8. The molecule has 0 fully saturated rings. The van der Waals surface area contributed by atoms with Crippen molar-refractivity contribution in [1.29, 1.82) is 0 Å². The number of carbonyl (C=O) groups is 1. The van der Waals surface area contributed by atoms with Gasteiger partial charge in [0.2, 0.25) is 0 Å². The van der Waals surface area contributed by atoms with Gasteiger partial charge in [0.15, 0.2) is 0 Å². The second-order valence-corrected chi connectivity index (χ2v) is 4.90. The Kier molecular flexibility index (Phi) is 7.89. The Morgan fingerprint density at radius 2 is 2.06 bits per heavy atom. The molecule has 0 heterocycles. The first-order valence-corrected chi connectivity index (χ1v) is 7.60. The van der Waals surface area contributed by atoms with Gasteiger partial charge in [0, 0.05) is 29.5 Å². The summed E-state index contributed by atoms with van der Waals surface area (Å²) in [7, 11) is 0. The van der Waals surface area contributed by atoms with Crippen molar-refractivity contribution in [2.45, 2.75) is 11.3 Å². The van der Waals surface area contributed by atoms with Crippen LogP contribution in [0.15, 0.2) is 29.2 Å². The molecule has 3 nitrogen and oxygen atoms in total. The number of thioether (sulfide) groups is 1. The number of alkyl halides is 1. The number of benzene rings is 1. The highest BCUT2D eigenvalue weighted by atomic mass is 35.5. The summed E-state index contributed by atoms with van der Waals surface area (Å²) >= 11 is 7.13. The maximum Gasteiger partial charge on any atom is 0.251 e. The van der Waals surface area contributed by atoms with Gasteiger partial charge in [-0.2, -0.15) is 0 Å². The van der Waals surface area contributed by atoms with E-state index in [4.69, 9.17) is 16.3 Å². The molecule has 0 aliphatic rings. The molecular weight excluding hydrogens is 270 g/mol. The Hall–Kier alpha value is -0.710. The Bertz CT molecular complexity index is 357. The molecule has 100 valence electrons. The molecule has 0 aliphatic heterocycles. The van der Waals surface area contributed by atoms with Crippen LogP contribution in [0.25, 0.3) is 0 Å². The largest absolute Gasteiger partial charge is 0.380 e. The van der Waals surface area contributed by atoms with Gasteiger partial charge in [0.1, 0.15) is 0 Å². The van der Waals surface area contributed by atoms with Gasteiger partial charge in [-0.1, -0.05) is 0 Å². The predicted molar refractivity (Wildman–Crippen MR) is 76.7 cm³/mol. The molecule has 1 rings (SSSR count). The average Bonchev–Trinajstić information content (AvgIpc) is 2.42. The number of amides is 1. The van der Waals surface area contributed by atoms with Crippen LogP contribution in [0.3, 0.4) is 0 Å². The first-order chi connectivity index (χ1) is 8.77. The number of nitrogens with one attached hydrogen (secondary N) is 1. The van der Waals surface area contributed by atoms with Crippen molar-refractivity contribution < 1.29 is 9.53 Å². The van der Waals surface area contributed by atoms with E-state index in [0.717, 1.165) is 11.3 Å². The van der Waals surface area contributed by atoms with Crippen molar-refractivity contribution in [1.82, 2.24) is 5.32 Å². The summed E-state index contributed by atoms with van der Waals surface area (Å²) < 4.78 is 5.21. The summed E-state index contributed by atoms with van der Waals surface area (Å²) in [5.74, 6) is 0.466. The van der Waals surface area contributed by atoms with E-state index >= 15 is 0 Å². The summed E-state index contributed by atoms with van der Waals surface area (Å²) in [4.78, 5) is 12.9. The van der Waals surface area contributed by atoms with Crippen LogP contribution >= 0.6 is 23.4 Å². The fourth-order valence-electron chi connectivity index (χ4n) is 1.38. The summed E-state index contributed by atoms with van der Waals surface area (Å²) in [6.45, 7) is 1.80. The molecule has 0 saturated carbocycles. The smallest absolute Gasteiger partial charge is 0.251 e. The van der Waals surface area contributed by atoms with E-state index in [2.05, 4.69) is 5.32 Å². The molecule has 1 aromatic rings. The van der Waals surface area contributed by atoms with E-state index in [0.29, 0.717) is 31.2 Å². The number of halogens is 1. The second kappa shape index (κ2) is 9.25. The number of carbonyl (C=O) groups excluding carboxylic acids is 1. The van der Waals surface area contributed by atoms with Crippen molar-refractivity contribution >= 4 is 29.3 Å². The summed E-state index contributed by atoms with van der Waals surface area (Å²) in [6, 6.07) is 7.57. The normalized spacial score (nSPS) is 10.3. The standard InChI is InChI=1S/C13H18ClNO2S/c1-18-12-5-3-11(4-6-12)13(16)15-8-2-9-17-10-7-14/h3-6H,2,7-10H2,1H3,(H,15,16). The lowest BCUT2D eigenvalue weighted by Crippen LogP contribution is -2.25. The third-order valence-electron chi connectivity index (χ3n) is 2.32. The van der Waals surface area contributed by atoms with Crippen molar-refractivity contribution in [2.75, 3.05) is 31.9 Å². The van der Waals surface area contributed by atoms with Crippen LogP contribution in [0.5, 0.6) is 0 Å². The fourth-order valence-corrected chi connectivity index (χ4v) is 1.89. The van der Waals surface area contributed by atoms with Gasteiger partial charge in [-0.3, -0.25) is 4.79 Å². The van der Waals surface area contributed by atoms with Gasteiger partial charge >= 0.3 is 0 Å². The molecule has 1 aromatic carbocycles.